The Morgan fingerprint density at radius 2 is 1.53 bits per heavy atom. The Labute approximate surface area is 120 Å². The molecule has 1 aromatic carbocycles. The van der Waals surface area contributed by atoms with Crippen LogP contribution in [-0.4, -0.2) is 0 Å². The van der Waals surface area contributed by atoms with Crippen molar-refractivity contribution in [2.45, 2.75) is 38.1 Å². The number of hydrogen-bond donors (Lipinski definition) is 1. The lowest BCUT2D eigenvalue weighted by molar-refractivity contribution is -0.0471. The number of hydrogen-bond acceptors (Lipinski definition) is 1. The normalized spacial score (nSPS) is 41.5. The zero-order valence-electron chi connectivity index (χ0n) is 11.3. The fourth-order valence-corrected chi connectivity index (χ4v) is 5.77. The first-order chi connectivity index (χ1) is 9.22. The third-order valence-electron chi connectivity index (χ3n) is 5.98. The topological polar surface area (TPSA) is 26.0 Å². The molecule has 4 fully saturated rings. The van der Waals surface area contributed by atoms with E-state index in [1.54, 1.807) is 0 Å². The Morgan fingerprint density at radius 1 is 0.947 bits per heavy atom. The summed E-state index contributed by atoms with van der Waals surface area (Å²) >= 11 is 6.35. The maximum absolute atomic E-state index is 6.64. The molecule has 102 valence electrons. The summed E-state index contributed by atoms with van der Waals surface area (Å²) in [6.07, 6.45) is 7.21. The second-order valence-corrected chi connectivity index (χ2v) is 7.46. The van der Waals surface area contributed by atoms with E-state index in [2.05, 4.69) is 12.1 Å². The molecule has 4 aliphatic carbocycles. The van der Waals surface area contributed by atoms with Crippen molar-refractivity contribution in [1.82, 2.24) is 0 Å². The minimum absolute atomic E-state index is 0.142. The summed E-state index contributed by atoms with van der Waals surface area (Å²) in [7, 11) is 0. The van der Waals surface area contributed by atoms with Gasteiger partial charge in [-0.3, -0.25) is 0 Å². The van der Waals surface area contributed by atoms with E-state index in [1.165, 1.54) is 37.7 Å². The van der Waals surface area contributed by atoms with Crippen LogP contribution < -0.4 is 5.73 Å². The zero-order valence-corrected chi connectivity index (χ0v) is 12.0. The molecule has 0 saturated heterocycles. The molecule has 0 radical (unpaired) electrons. The smallest absolute Gasteiger partial charge is 0.0453 e. The van der Waals surface area contributed by atoms with Crippen molar-refractivity contribution >= 4 is 11.6 Å². The maximum atomic E-state index is 6.64. The number of halogens is 1. The highest BCUT2D eigenvalue weighted by atomic mass is 35.5. The molecule has 1 unspecified atom stereocenters. The van der Waals surface area contributed by atoms with Gasteiger partial charge in [0.2, 0.25) is 0 Å². The van der Waals surface area contributed by atoms with Crippen LogP contribution >= 0.6 is 11.6 Å². The molecule has 1 nitrogen and oxygen atoms in total. The predicted octanol–water partition coefficient (Wildman–Crippen LogP) is 4.41. The summed E-state index contributed by atoms with van der Waals surface area (Å²) in [5.41, 5.74) is 7.80. The Morgan fingerprint density at radius 3 is 2.11 bits per heavy atom. The lowest BCUT2D eigenvalue weighted by Gasteiger charge is -2.56. The van der Waals surface area contributed by atoms with E-state index in [-0.39, 0.29) is 6.04 Å². The van der Waals surface area contributed by atoms with Crippen LogP contribution in [0.3, 0.4) is 0 Å². The van der Waals surface area contributed by atoms with Crippen LogP contribution in [0.1, 0.15) is 43.7 Å². The maximum Gasteiger partial charge on any atom is 0.0453 e. The van der Waals surface area contributed by atoms with Gasteiger partial charge in [0, 0.05) is 11.1 Å². The minimum atomic E-state index is 0.142. The van der Waals surface area contributed by atoms with E-state index in [1.807, 2.05) is 12.1 Å². The second kappa shape index (κ2) is 4.49. The van der Waals surface area contributed by atoms with Gasteiger partial charge in [0.15, 0.2) is 0 Å². The van der Waals surface area contributed by atoms with Crippen LogP contribution in [0.5, 0.6) is 0 Å². The summed E-state index contributed by atoms with van der Waals surface area (Å²) < 4.78 is 0. The van der Waals surface area contributed by atoms with E-state index in [9.17, 15) is 0 Å². The van der Waals surface area contributed by atoms with E-state index in [0.29, 0.717) is 5.92 Å². The largest absolute Gasteiger partial charge is 0.324 e. The van der Waals surface area contributed by atoms with E-state index in [0.717, 1.165) is 28.7 Å². The average Bonchev–Trinajstić information content (AvgIpc) is 2.37. The van der Waals surface area contributed by atoms with Crippen molar-refractivity contribution in [3.05, 3.63) is 34.9 Å². The molecule has 0 heterocycles. The molecule has 0 spiro atoms. The molecule has 2 N–H and O–H groups in total. The summed E-state index contributed by atoms with van der Waals surface area (Å²) in [5, 5.41) is 0.851. The van der Waals surface area contributed by atoms with Crippen LogP contribution in [0.15, 0.2) is 24.3 Å². The molecule has 2 heteroatoms. The number of nitrogens with two attached hydrogens (primary N) is 1. The molecule has 4 bridgehead atoms. The van der Waals surface area contributed by atoms with Crippen molar-refractivity contribution < 1.29 is 0 Å². The molecule has 19 heavy (non-hydrogen) atoms. The van der Waals surface area contributed by atoms with Gasteiger partial charge in [-0.15, -0.1) is 0 Å². The molecule has 0 amide bonds. The lowest BCUT2D eigenvalue weighted by Crippen LogP contribution is -2.48. The van der Waals surface area contributed by atoms with Crippen LogP contribution in [0.25, 0.3) is 0 Å². The molecule has 0 aliphatic heterocycles. The summed E-state index contributed by atoms with van der Waals surface area (Å²) in [6, 6.07) is 8.31. The lowest BCUT2D eigenvalue weighted by atomic mass is 9.50. The summed E-state index contributed by atoms with van der Waals surface area (Å²) in [5.74, 6) is 4.42. The van der Waals surface area contributed by atoms with Gasteiger partial charge in [-0.05, 0) is 73.3 Å². The van der Waals surface area contributed by atoms with Gasteiger partial charge in [0.25, 0.3) is 0 Å². The van der Waals surface area contributed by atoms with Crippen molar-refractivity contribution in [3.8, 4) is 0 Å². The highest BCUT2D eigenvalue weighted by Gasteiger charge is 2.50. The van der Waals surface area contributed by atoms with E-state index < -0.39 is 0 Å². The third-order valence-corrected chi connectivity index (χ3v) is 6.32. The Kier molecular flexibility index (Phi) is 2.89. The van der Waals surface area contributed by atoms with Gasteiger partial charge in [0.05, 0.1) is 0 Å². The Bertz CT molecular complexity index is 456. The van der Waals surface area contributed by atoms with Crippen LogP contribution in [0, 0.1) is 29.6 Å². The second-order valence-electron chi connectivity index (χ2n) is 7.06. The third kappa shape index (κ3) is 1.94. The van der Waals surface area contributed by atoms with Gasteiger partial charge in [0.1, 0.15) is 0 Å². The molecule has 4 aliphatic rings. The average molecular weight is 276 g/mol. The van der Waals surface area contributed by atoms with Gasteiger partial charge in [-0.2, -0.15) is 0 Å². The highest BCUT2D eigenvalue weighted by molar-refractivity contribution is 6.31. The Hall–Kier alpha value is -0.530. The number of rotatable bonds is 2. The summed E-state index contributed by atoms with van der Waals surface area (Å²) in [6.45, 7) is 0. The van der Waals surface area contributed by atoms with Gasteiger partial charge in [-0.1, -0.05) is 29.8 Å². The first-order valence-corrected chi connectivity index (χ1v) is 8.10. The van der Waals surface area contributed by atoms with Crippen molar-refractivity contribution in [3.63, 3.8) is 0 Å². The van der Waals surface area contributed by atoms with Crippen LogP contribution in [-0.2, 0) is 0 Å². The van der Waals surface area contributed by atoms with Gasteiger partial charge in [-0.25, -0.2) is 0 Å². The monoisotopic (exact) mass is 275 g/mol. The van der Waals surface area contributed by atoms with Gasteiger partial charge >= 0.3 is 0 Å². The van der Waals surface area contributed by atoms with Crippen LogP contribution in [0.2, 0.25) is 5.02 Å². The van der Waals surface area contributed by atoms with Crippen molar-refractivity contribution in [1.29, 1.82) is 0 Å². The highest BCUT2D eigenvalue weighted by Crippen LogP contribution is 2.59. The fraction of sp³-hybridized carbons (Fsp3) is 0.647. The zero-order chi connectivity index (χ0) is 13.0. The quantitative estimate of drug-likeness (QED) is 0.850. The number of benzene rings is 1. The Balaban J connectivity index is 1.64. The molecule has 1 aromatic rings. The molecule has 5 rings (SSSR count). The molecule has 4 saturated carbocycles. The van der Waals surface area contributed by atoms with Crippen molar-refractivity contribution in [2.24, 2.45) is 35.3 Å². The molecule has 0 aromatic heterocycles. The van der Waals surface area contributed by atoms with E-state index >= 15 is 0 Å². The standard InChI is InChI=1S/C17H22ClN/c18-15-4-2-1-3-14(15)17(19)16-12-6-10-5-11(8-12)9-13(16)7-10/h1-4,10-13,16-17H,5-9,19H2. The molecular weight excluding hydrogens is 254 g/mol. The molecular formula is C17H22ClN. The minimum Gasteiger partial charge on any atom is -0.324 e. The van der Waals surface area contributed by atoms with Crippen LogP contribution in [0.4, 0.5) is 0 Å². The van der Waals surface area contributed by atoms with E-state index in [4.69, 9.17) is 17.3 Å². The first-order valence-electron chi connectivity index (χ1n) is 7.72. The summed E-state index contributed by atoms with van der Waals surface area (Å²) in [4.78, 5) is 0. The van der Waals surface area contributed by atoms with Crippen molar-refractivity contribution in [2.75, 3.05) is 0 Å². The first kappa shape index (κ1) is 12.2. The van der Waals surface area contributed by atoms with Gasteiger partial charge < -0.3 is 5.73 Å². The molecule has 1 atom stereocenters. The predicted molar refractivity (Wildman–Crippen MR) is 78.9 cm³/mol. The fourth-order valence-electron chi connectivity index (χ4n) is 5.51. The SMILES string of the molecule is NC(c1ccccc1Cl)C1C2CC3CC(C2)CC1C3.